The summed E-state index contributed by atoms with van der Waals surface area (Å²) in [5.74, 6) is 0.00895. The van der Waals surface area contributed by atoms with Gasteiger partial charge in [-0.2, -0.15) is 5.26 Å². The van der Waals surface area contributed by atoms with Crippen LogP contribution in [0.3, 0.4) is 0 Å². The Kier molecular flexibility index (Phi) is 6.97. The first-order valence-corrected chi connectivity index (χ1v) is 13.0. The van der Waals surface area contributed by atoms with Crippen molar-refractivity contribution in [2.45, 2.75) is 25.5 Å². The molecule has 4 heterocycles. The molecule has 0 aliphatic carbocycles. The van der Waals surface area contributed by atoms with Crippen molar-refractivity contribution in [3.8, 4) is 11.9 Å². The third-order valence-electron chi connectivity index (χ3n) is 7.30. The Morgan fingerprint density at radius 1 is 1.05 bits per heavy atom. The van der Waals surface area contributed by atoms with Gasteiger partial charge in [0.05, 0.1) is 24.2 Å². The summed E-state index contributed by atoms with van der Waals surface area (Å²) >= 11 is 0. The van der Waals surface area contributed by atoms with E-state index in [0.717, 1.165) is 47.0 Å². The molecular formula is C30H27F2N5O2. The zero-order valence-corrected chi connectivity index (χ0v) is 21.2. The molecule has 2 N–H and O–H groups in total. The summed E-state index contributed by atoms with van der Waals surface area (Å²) in [4.78, 5) is 9.87. The number of fused-ring (bicyclic) bond motifs is 4. The SMILES string of the molecule is C1C[C@@H]2COCCN2C1.N#CNc1nc2ccc(/C=C3\c4ccc(F)cc4COc4cc(F)ccc43)cc2[nH]1. The maximum absolute atomic E-state index is 13.8. The highest BCUT2D eigenvalue weighted by molar-refractivity contribution is 5.96. The van der Waals surface area contributed by atoms with Crippen LogP contribution in [0, 0.1) is 23.1 Å². The number of nitrogens with zero attached hydrogens (tertiary/aromatic N) is 3. The molecule has 9 heteroatoms. The number of aromatic amines is 1. The number of nitriles is 1. The Labute approximate surface area is 224 Å². The van der Waals surface area contributed by atoms with Crippen molar-refractivity contribution < 1.29 is 18.3 Å². The molecule has 0 saturated carbocycles. The van der Waals surface area contributed by atoms with Crippen LogP contribution >= 0.6 is 0 Å². The number of anilines is 1. The molecule has 3 aliphatic heterocycles. The van der Waals surface area contributed by atoms with E-state index in [4.69, 9.17) is 14.7 Å². The molecule has 0 spiro atoms. The number of hydrogen-bond donors (Lipinski definition) is 2. The van der Waals surface area contributed by atoms with Crippen molar-refractivity contribution in [1.82, 2.24) is 14.9 Å². The van der Waals surface area contributed by atoms with E-state index in [1.807, 2.05) is 30.5 Å². The number of imidazole rings is 1. The smallest absolute Gasteiger partial charge is 0.214 e. The van der Waals surface area contributed by atoms with Gasteiger partial charge in [0.1, 0.15) is 24.0 Å². The van der Waals surface area contributed by atoms with E-state index in [2.05, 4.69) is 20.2 Å². The fourth-order valence-electron chi connectivity index (χ4n) is 5.41. The highest BCUT2D eigenvalue weighted by Crippen LogP contribution is 2.38. The Hall–Kier alpha value is -4.26. The van der Waals surface area contributed by atoms with Crippen LogP contribution in [0.4, 0.5) is 14.7 Å². The number of benzene rings is 3. The fraction of sp³-hybridized carbons (Fsp3) is 0.267. The van der Waals surface area contributed by atoms with Gasteiger partial charge in [-0.05, 0) is 78.6 Å². The quantitative estimate of drug-likeness (QED) is 0.257. The molecule has 2 saturated heterocycles. The van der Waals surface area contributed by atoms with Gasteiger partial charge in [-0.25, -0.2) is 13.8 Å². The number of hydrogen-bond acceptors (Lipinski definition) is 6. The summed E-state index contributed by atoms with van der Waals surface area (Å²) in [6.07, 6.45) is 6.52. The lowest BCUT2D eigenvalue weighted by atomic mass is 9.92. The minimum atomic E-state index is -0.401. The number of halogens is 2. The molecule has 2 fully saturated rings. The Bertz CT molecular complexity index is 1520. The lowest BCUT2D eigenvalue weighted by molar-refractivity contribution is 0.0129. The van der Waals surface area contributed by atoms with Gasteiger partial charge < -0.3 is 14.5 Å². The molecule has 4 aromatic rings. The first-order chi connectivity index (χ1) is 19.1. The van der Waals surface area contributed by atoms with Gasteiger partial charge in [-0.3, -0.25) is 10.2 Å². The molecule has 1 aromatic heterocycles. The third kappa shape index (κ3) is 5.35. The molecule has 1 atom stereocenters. The summed E-state index contributed by atoms with van der Waals surface area (Å²) in [5.41, 5.74) is 5.34. The predicted octanol–water partition coefficient (Wildman–Crippen LogP) is 5.70. The van der Waals surface area contributed by atoms with E-state index < -0.39 is 5.82 Å². The number of aromatic nitrogens is 2. The van der Waals surface area contributed by atoms with Crippen molar-refractivity contribution >= 4 is 28.6 Å². The molecule has 7 rings (SSSR count). The number of rotatable bonds is 2. The number of nitrogens with one attached hydrogen (secondary N) is 2. The average Bonchev–Trinajstić information content (AvgIpc) is 3.55. The molecule has 198 valence electrons. The van der Waals surface area contributed by atoms with Crippen LogP contribution in [-0.4, -0.2) is 47.2 Å². The van der Waals surface area contributed by atoms with Crippen LogP contribution in [-0.2, 0) is 11.3 Å². The van der Waals surface area contributed by atoms with Gasteiger partial charge in [0.2, 0.25) is 5.95 Å². The molecule has 3 aromatic carbocycles. The van der Waals surface area contributed by atoms with Gasteiger partial charge in [-0.1, -0.05) is 12.1 Å². The standard InChI is InChI=1S/C23H14F2N4O.C7H13NO/c24-15-2-4-17-14(9-15)11-30-22-10-16(25)3-5-18(22)19(17)7-13-1-6-20-21(8-13)29-23(28-20)27-12-26;1-2-7-6-9-5-4-8(7)3-1/h1-10H,11H2,(H2,27,28,29);7H,1-6H2/b19-7+;/t;7-/m.1/s1. The topological polar surface area (TPSA) is 86.2 Å². The van der Waals surface area contributed by atoms with E-state index >= 15 is 0 Å². The monoisotopic (exact) mass is 527 g/mol. The van der Waals surface area contributed by atoms with Gasteiger partial charge in [0.15, 0.2) is 6.19 Å². The van der Waals surface area contributed by atoms with Crippen molar-refractivity contribution in [3.05, 3.63) is 88.5 Å². The average molecular weight is 528 g/mol. The van der Waals surface area contributed by atoms with Crippen LogP contribution in [0.15, 0.2) is 54.6 Å². The van der Waals surface area contributed by atoms with Crippen molar-refractivity contribution in [1.29, 1.82) is 5.26 Å². The Balaban J connectivity index is 0.000000258. The molecule has 0 radical (unpaired) electrons. The molecule has 39 heavy (non-hydrogen) atoms. The zero-order chi connectivity index (χ0) is 26.8. The van der Waals surface area contributed by atoms with Gasteiger partial charge >= 0.3 is 0 Å². The summed E-state index contributed by atoms with van der Waals surface area (Å²) in [6.45, 7) is 4.57. The van der Waals surface area contributed by atoms with E-state index in [1.54, 1.807) is 12.1 Å². The third-order valence-corrected chi connectivity index (χ3v) is 7.30. The second-order valence-electron chi connectivity index (χ2n) is 9.79. The van der Waals surface area contributed by atoms with E-state index in [-0.39, 0.29) is 12.4 Å². The van der Waals surface area contributed by atoms with Crippen molar-refractivity contribution in [3.63, 3.8) is 0 Å². The fourth-order valence-corrected chi connectivity index (χ4v) is 5.41. The van der Waals surface area contributed by atoms with Crippen LogP contribution in [0.25, 0.3) is 22.7 Å². The molecule has 0 bridgehead atoms. The van der Waals surface area contributed by atoms with Crippen LogP contribution in [0.2, 0.25) is 0 Å². The molecule has 3 aliphatic rings. The lowest BCUT2D eigenvalue weighted by Crippen LogP contribution is -2.40. The molecule has 7 nitrogen and oxygen atoms in total. The number of H-pyrrole nitrogens is 1. The summed E-state index contributed by atoms with van der Waals surface area (Å²) in [5, 5.41) is 11.3. The van der Waals surface area contributed by atoms with Crippen LogP contribution in [0.1, 0.15) is 35.1 Å². The number of ether oxygens (including phenoxy) is 2. The number of morpholine rings is 1. The zero-order valence-electron chi connectivity index (χ0n) is 21.2. The summed E-state index contributed by atoms with van der Waals surface area (Å²) in [7, 11) is 0. The summed E-state index contributed by atoms with van der Waals surface area (Å²) < 4.78 is 38.8. The van der Waals surface area contributed by atoms with Crippen molar-refractivity contribution in [2.75, 3.05) is 31.6 Å². The Morgan fingerprint density at radius 3 is 2.74 bits per heavy atom. The predicted molar refractivity (Wildman–Crippen MR) is 145 cm³/mol. The lowest BCUT2D eigenvalue weighted by Gasteiger charge is -2.28. The minimum absolute atomic E-state index is 0.143. The van der Waals surface area contributed by atoms with E-state index in [1.165, 1.54) is 50.2 Å². The normalized spacial score (nSPS) is 19.1. The van der Waals surface area contributed by atoms with E-state index in [0.29, 0.717) is 22.8 Å². The Morgan fingerprint density at radius 2 is 1.90 bits per heavy atom. The molecule has 0 unspecified atom stereocenters. The molecular weight excluding hydrogens is 500 g/mol. The van der Waals surface area contributed by atoms with Crippen LogP contribution in [0.5, 0.6) is 5.75 Å². The maximum Gasteiger partial charge on any atom is 0.214 e. The van der Waals surface area contributed by atoms with Gasteiger partial charge in [0.25, 0.3) is 0 Å². The largest absolute Gasteiger partial charge is 0.488 e. The highest BCUT2D eigenvalue weighted by Gasteiger charge is 2.26. The van der Waals surface area contributed by atoms with Crippen LogP contribution < -0.4 is 10.1 Å². The van der Waals surface area contributed by atoms with Gasteiger partial charge in [-0.15, -0.1) is 0 Å². The minimum Gasteiger partial charge on any atom is -0.488 e. The van der Waals surface area contributed by atoms with Crippen molar-refractivity contribution in [2.24, 2.45) is 0 Å². The molecule has 0 amide bonds. The highest BCUT2D eigenvalue weighted by atomic mass is 19.1. The summed E-state index contributed by atoms with van der Waals surface area (Å²) in [6, 6.07) is 15.3. The second kappa shape index (κ2) is 10.8. The maximum atomic E-state index is 13.8. The first kappa shape index (κ1) is 25.0. The van der Waals surface area contributed by atoms with Gasteiger partial charge in [0, 0.05) is 29.8 Å². The second-order valence-corrected chi connectivity index (χ2v) is 9.79. The van der Waals surface area contributed by atoms with E-state index in [9.17, 15) is 8.78 Å². The first-order valence-electron chi connectivity index (χ1n) is 13.0.